The molecule has 1 aliphatic rings. The van der Waals surface area contributed by atoms with Crippen molar-refractivity contribution >= 4 is 17.5 Å². The smallest absolute Gasteiger partial charge is 0.145 e. The van der Waals surface area contributed by atoms with Gasteiger partial charge in [0.05, 0.1) is 5.25 Å². The first-order valence-electron chi connectivity index (χ1n) is 5.49. The molecule has 0 spiro atoms. The number of ketones is 1. The van der Waals surface area contributed by atoms with Crippen molar-refractivity contribution in [3.8, 4) is 0 Å². The van der Waals surface area contributed by atoms with Crippen molar-refractivity contribution in [1.82, 2.24) is 0 Å². The molecular weight excluding hydrogens is 180 g/mol. The van der Waals surface area contributed by atoms with E-state index in [2.05, 4.69) is 6.92 Å². The van der Waals surface area contributed by atoms with Gasteiger partial charge < -0.3 is 0 Å². The molecule has 0 aromatic rings. The summed E-state index contributed by atoms with van der Waals surface area (Å²) in [6.07, 6.45) is 8.06. The minimum Gasteiger partial charge on any atom is -0.298 e. The Kier molecular flexibility index (Phi) is 5.52. The van der Waals surface area contributed by atoms with Gasteiger partial charge in [-0.3, -0.25) is 4.79 Å². The van der Waals surface area contributed by atoms with Gasteiger partial charge in [-0.25, -0.2) is 0 Å². The van der Waals surface area contributed by atoms with Crippen LogP contribution in [-0.2, 0) is 4.79 Å². The average Bonchev–Trinajstić information content (AvgIpc) is 2.19. The molecule has 1 nitrogen and oxygen atoms in total. The number of rotatable bonds is 5. The molecule has 0 N–H and O–H groups in total. The molecule has 1 unspecified atom stereocenters. The zero-order chi connectivity index (χ0) is 9.52. The Morgan fingerprint density at radius 1 is 1.38 bits per heavy atom. The van der Waals surface area contributed by atoms with Crippen molar-refractivity contribution in [1.29, 1.82) is 0 Å². The summed E-state index contributed by atoms with van der Waals surface area (Å²) in [5.74, 6) is 1.71. The van der Waals surface area contributed by atoms with Gasteiger partial charge in [0.25, 0.3) is 0 Å². The Bertz CT molecular complexity index is 150. The summed E-state index contributed by atoms with van der Waals surface area (Å²) in [5, 5.41) is 0.352. The Hall–Kier alpha value is 0.0200. The Balaban J connectivity index is 2.13. The first-order valence-corrected chi connectivity index (χ1v) is 6.53. The monoisotopic (exact) mass is 200 g/mol. The minimum absolute atomic E-state index is 0.352. The fraction of sp³-hybridized carbons (Fsp3) is 0.909. The van der Waals surface area contributed by atoms with E-state index in [-0.39, 0.29) is 0 Å². The molecule has 1 rings (SSSR count). The summed E-state index contributed by atoms with van der Waals surface area (Å²) in [6, 6.07) is 0. The summed E-state index contributed by atoms with van der Waals surface area (Å²) in [7, 11) is 0. The van der Waals surface area contributed by atoms with Crippen LogP contribution in [0.4, 0.5) is 0 Å². The molecule has 0 aliphatic carbocycles. The van der Waals surface area contributed by atoms with Crippen molar-refractivity contribution < 1.29 is 4.79 Å². The summed E-state index contributed by atoms with van der Waals surface area (Å²) >= 11 is 1.88. The normalized spacial score (nSPS) is 23.0. The maximum atomic E-state index is 11.7. The Morgan fingerprint density at radius 2 is 2.23 bits per heavy atom. The van der Waals surface area contributed by atoms with Crippen LogP contribution in [-0.4, -0.2) is 16.8 Å². The molecular formula is C11H20OS. The van der Waals surface area contributed by atoms with Gasteiger partial charge in [-0.2, -0.15) is 11.8 Å². The topological polar surface area (TPSA) is 17.1 Å². The molecule has 0 saturated carbocycles. The lowest BCUT2D eigenvalue weighted by molar-refractivity contribution is -0.118. The predicted molar refractivity (Wildman–Crippen MR) is 59.2 cm³/mol. The van der Waals surface area contributed by atoms with E-state index in [0.29, 0.717) is 11.0 Å². The van der Waals surface area contributed by atoms with E-state index >= 15 is 0 Å². The van der Waals surface area contributed by atoms with Crippen LogP contribution in [0.2, 0.25) is 0 Å². The molecule has 1 atom stereocenters. The highest BCUT2D eigenvalue weighted by Gasteiger charge is 2.20. The molecule has 0 radical (unpaired) electrons. The zero-order valence-electron chi connectivity index (χ0n) is 8.55. The van der Waals surface area contributed by atoms with E-state index in [1.54, 1.807) is 0 Å². The maximum Gasteiger partial charge on any atom is 0.145 e. The third-order valence-corrected chi connectivity index (χ3v) is 3.99. The molecule has 0 amide bonds. The van der Waals surface area contributed by atoms with Gasteiger partial charge in [0, 0.05) is 6.42 Å². The van der Waals surface area contributed by atoms with Crippen molar-refractivity contribution in [3.05, 3.63) is 0 Å². The van der Waals surface area contributed by atoms with Gasteiger partial charge in [0.2, 0.25) is 0 Å². The molecule has 2 heteroatoms. The second-order valence-electron chi connectivity index (χ2n) is 3.78. The molecule has 0 bridgehead atoms. The van der Waals surface area contributed by atoms with Gasteiger partial charge in [-0.05, 0) is 25.0 Å². The van der Waals surface area contributed by atoms with Crippen molar-refractivity contribution in [2.75, 3.05) is 5.75 Å². The highest BCUT2D eigenvalue weighted by Crippen LogP contribution is 2.26. The SMILES string of the molecule is CCCCCC(=O)C1CCCCS1. The van der Waals surface area contributed by atoms with Crippen LogP contribution >= 0.6 is 11.8 Å². The van der Waals surface area contributed by atoms with Crippen molar-refractivity contribution in [2.45, 2.75) is 57.1 Å². The van der Waals surface area contributed by atoms with Gasteiger partial charge in [0.1, 0.15) is 5.78 Å². The number of carbonyl (C=O) groups is 1. The van der Waals surface area contributed by atoms with Gasteiger partial charge in [-0.15, -0.1) is 0 Å². The largest absolute Gasteiger partial charge is 0.298 e. The molecule has 0 aromatic heterocycles. The summed E-state index contributed by atoms with van der Waals surface area (Å²) < 4.78 is 0. The van der Waals surface area contributed by atoms with E-state index in [0.717, 1.165) is 19.3 Å². The van der Waals surface area contributed by atoms with E-state index < -0.39 is 0 Å². The van der Waals surface area contributed by atoms with Gasteiger partial charge >= 0.3 is 0 Å². The highest BCUT2D eigenvalue weighted by molar-refractivity contribution is 8.00. The van der Waals surface area contributed by atoms with Crippen LogP contribution in [0.1, 0.15) is 51.9 Å². The quantitative estimate of drug-likeness (QED) is 0.633. The van der Waals surface area contributed by atoms with E-state index in [1.807, 2.05) is 11.8 Å². The van der Waals surface area contributed by atoms with Crippen LogP contribution < -0.4 is 0 Å². The third kappa shape index (κ3) is 4.17. The maximum absolute atomic E-state index is 11.7. The Morgan fingerprint density at radius 3 is 2.85 bits per heavy atom. The highest BCUT2D eigenvalue weighted by atomic mass is 32.2. The molecule has 1 saturated heterocycles. The molecule has 13 heavy (non-hydrogen) atoms. The second-order valence-corrected chi connectivity index (χ2v) is 5.09. The van der Waals surface area contributed by atoms with Crippen LogP contribution in [0.3, 0.4) is 0 Å². The lowest BCUT2D eigenvalue weighted by atomic mass is 10.1. The lowest BCUT2D eigenvalue weighted by Crippen LogP contribution is -2.20. The van der Waals surface area contributed by atoms with E-state index in [1.165, 1.54) is 31.4 Å². The summed E-state index contributed by atoms with van der Waals surface area (Å²) in [5.41, 5.74) is 0. The second kappa shape index (κ2) is 6.47. The zero-order valence-corrected chi connectivity index (χ0v) is 9.37. The van der Waals surface area contributed by atoms with Crippen molar-refractivity contribution in [2.24, 2.45) is 0 Å². The molecule has 1 heterocycles. The van der Waals surface area contributed by atoms with Crippen LogP contribution in [0.25, 0.3) is 0 Å². The van der Waals surface area contributed by atoms with E-state index in [4.69, 9.17) is 0 Å². The lowest BCUT2D eigenvalue weighted by Gasteiger charge is -2.19. The minimum atomic E-state index is 0.352. The predicted octanol–water partition coefficient (Wildman–Crippen LogP) is 3.42. The summed E-state index contributed by atoms with van der Waals surface area (Å²) in [4.78, 5) is 11.7. The number of hydrogen-bond acceptors (Lipinski definition) is 2. The molecule has 1 fully saturated rings. The van der Waals surface area contributed by atoms with Crippen LogP contribution in [0.5, 0.6) is 0 Å². The summed E-state index contributed by atoms with van der Waals surface area (Å²) in [6.45, 7) is 2.18. The van der Waals surface area contributed by atoms with Crippen LogP contribution in [0.15, 0.2) is 0 Å². The molecule has 0 aromatic carbocycles. The van der Waals surface area contributed by atoms with Crippen LogP contribution in [0, 0.1) is 0 Å². The third-order valence-electron chi connectivity index (χ3n) is 2.57. The number of carbonyl (C=O) groups excluding carboxylic acids is 1. The fourth-order valence-corrected chi connectivity index (χ4v) is 3.00. The molecule has 76 valence electrons. The van der Waals surface area contributed by atoms with E-state index in [9.17, 15) is 4.79 Å². The number of unbranched alkanes of at least 4 members (excludes halogenated alkanes) is 2. The molecule has 1 aliphatic heterocycles. The first-order chi connectivity index (χ1) is 6.34. The number of hydrogen-bond donors (Lipinski definition) is 0. The number of thioether (sulfide) groups is 1. The number of Topliss-reactive ketones (excluding diaryl/α,β-unsaturated/α-hetero) is 1. The van der Waals surface area contributed by atoms with Crippen molar-refractivity contribution in [3.63, 3.8) is 0 Å². The fourth-order valence-electron chi connectivity index (χ4n) is 1.70. The Labute approximate surface area is 85.7 Å². The van der Waals surface area contributed by atoms with Gasteiger partial charge in [-0.1, -0.05) is 26.2 Å². The van der Waals surface area contributed by atoms with Gasteiger partial charge in [0.15, 0.2) is 0 Å². The standard InChI is InChI=1S/C11H20OS/c1-2-3-4-7-10(12)11-8-5-6-9-13-11/h11H,2-9H2,1H3. The average molecular weight is 200 g/mol. The first kappa shape index (κ1) is 11.1.